The number of benzene rings is 1. The monoisotopic (exact) mass is 217 g/mol. The predicted molar refractivity (Wildman–Crippen MR) is 43.5 cm³/mol. The molecule has 0 atom stereocenters. The Bertz CT molecular complexity index is 433. The molecule has 0 bridgehead atoms. The van der Waals surface area contributed by atoms with Crippen LogP contribution in [0.15, 0.2) is 12.1 Å². The molecule has 1 rings (SSSR count). The number of halogens is 2. The SMILES string of the molecule is Cc1cc(F)c(F)cc1C(=O)O[N+](=O)[O-]. The number of aryl methyl sites for hydroxylation is 1. The van der Waals surface area contributed by atoms with E-state index in [1.165, 1.54) is 6.92 Å². The number of carbonyl (C=O) groups excluding carboxylic acids is 1. The van der Waals surface area contributed by atoms with Gasteiger partial charge < -0.3 is 0 Å². The zero-order valence-electron chi connectivity index (χ0n) is 7.49. The van der Waals surface area contributed by atoms with Crippen molar-refractivity contribution in [1.29, 1.82) is 0 Å². The zero-order valence-corrected chi connectivity index (χ0v) is 7.49. The molecule has 0 aliphatic heterocycles. The number of carbonyl (C=O) groups is 1. The van der Waals surface area contributed by atoms with Gasteiger partial charge in [0.1, 0.15) is 0 Å². The second-order valence-electron chi connectivity index (χ2n) is 2.68. The first-order chi connectivity index (χ1) is 6.91. The molecule has 80 valence electrons. The Balaban J connectivity index is 3.09. The van der Waals surface area contributed by atoms with Gasteiger partial charge in [-0.1, -0.05) is 0 Å². The van der Waals surface area contributed by atoms with E-state index in [-0.39, 0.29) is 11.1 Å². The van der Waals surface area contributed by atoms with Gasteiger partial charge in [0.25, 0.3) is 0 Å². The minimum atomic E-state index is -1.34. The molecule has 1 aromatic carbocycles. The highest BCUT2D eigenvalue weighted by atomic mass is 19.2. The molecule has 15 heavy (non-hydrogen) atoms. The van der Waals surface area contributed by atoms with E-state index < -0.39 is 22.7 Å². The van der Waals surface area contributed by atoms with Crippen molar-refractivity contribution < 1.29 is 23.5 Å². The summed E-state index contributed by atoms with van der Waals surface area (Å²) in [6.07, 6.45) is 0. The summed E-state index contributed by atoms with van der Waals surface area (Å²) in [4.78, 5) is 24.4. The van der Waals surface area contributed by atoms with Crippen molar-refractivity contribution in [2.45, 2.75) is 6.92 Å². The lowest BCUT2D eigenvalue weighted by molar-refractivity contribution is -0.727. The number of rotatable bonds is 2. The standard InChI is InChI=1S/C8H5F2NO4/c1-4-2-6(9)7(10)3-5(4)8(12)15-11(13)14/h2-3H,1H3. The molecule has 0 aliphatic carbocycles. The van der Waals surface area contributed by atoms with Gasteiger partial charge in [0, 0.05) is 0 Å². The van der Waals surface area contributed by atoms with Crippen LogP contribution in [0.5, 0.6) is 0 Å². The largest absolute Gasteiger partial charge is 0.334 e. The van der Waals surface area contributed by atoms with Crippen LogP contribution >= 0.6 is 0 Å². The molecule has 5 nitrogen and oxygen atoms in total. The molecule has 0 fully saturated rings. The lowest BCUT2D eigenvalue weighted by Crippen LogP contribution is -2.12. The maximum absolute atomic E-state index is 12.7. The zero-order chi connectivity index (χ0) is 11.6. The van der Waals surface area contributed by atoms with Gasteiger partial charge in [-0.3, -0.25) is 4.79 Å². The molecule has 0 N–H and O–H groups in total. The van der Waals surface area contributed by atoms with Gasteiger partial charge in [-0.15, -0.1) is 10.1 Å². The Kier molecular flexibility index (Phi) is 2.93. The van der Waals surface area contributed by atoms with Crippen molar-refractivity contribution in [3.05, 3.63) is 45.0 Å². The van der Waals surface area contributed by atoms with Gasteiger partial charge in [-0.05, 0) is 24.6 Å². The van der Waals surface area contributed by atoms with E-state index in [2.05, 4.69) is 4.84 Å². The van der Waals surface area contributed by atoms with Crippen molar-refractivity contribution in [3.63, 3.8) is 0 Å². The van der Waals surface area contributed by atoms with Crippen molar-refractivity contribution in [2.75, 3.05) is 0 Å². The third-order valence-corrected chi connectivity index (χ3v) is 1.64. The van der Waals surface area contributed by atoms with Crippen LogP contribution in [0.3, 0.4) is 0 Å². The van der Waals surface area contributed by atoms with Crippen LogP contribution in [0.4, 0.5) is 8.78 Å². The summed E-state index contributed by atoms with van der Waals surface area (Å²) in [6.45, 7) is 1.30. The summed E-state index contributed by atoms with van der Waals surface area (Å²) in [7, 11) is 0. The van der Waals surface area contributed by atoms with Crippen LogP contribution in [0.25, 0.3) is 0 Å². The topological polar surface area (TPSA) is 69.4 Å². The minimum absolute atomic E-state index is 0.0563. The second-order valence-corrected chi connectivity index (χ2v) is 2.68. The van der Waals surface area contributed by atoms with Gasteiger partial charge in [0.15, 0.2) is 11.6 Å². The fourth-order valence-corrected chi connectivity index (χ4v) is 0.983. The Morgan fingerprint density at radius 2 is 1.93 bits per heavy atom. The molecular formula is C8H5F2NO4. The predicted octanol–water partition coefficient (Wildman–Crippen LogP) is 1.62. The van der Waals surface area contributed by atoms with E-state index in [0.717, 1.165) is 6.07 Å². The molecule has 0 radical (unpaired) electrons. The molecule has 1 aromatic rings. The van der Waals surface area contributed by atoms with Gasteiger partial charge in [-0.25, -0.2) is 13.6 Å². The van der Waals surface area contributed by atoms with E-state index in [9.17, 15) is 23.7 Å². The first-order valence-corrected chi connectivity index (χ1v) is 3.74. The normalized spacial score (nSPS) is 9.80. The molecule has 0 saturated heterocycles. The highest BCUT2D eigenvalue weighted by Gasteiger charge is 2.16. The Hall–Kier alpha value is -2.05. The fourth-order valence-electron chi connectivity index (χ4n) is 0.983. The van der Waals surface area contributed by atoms with E-state index in [4.69, 9.17) is 0 Å². The van der Waals surface area contributed by atoms with Crippen molar-refractivity contribution in [1.82, 2.24) is 0 Å². The van der Waals surface area contributed by atoms with E-state index >= 15 is 0 Å². The molecule has 0 heterocycles. The Labute approximate surface area is 82.4 Å². The quantitative estimate of drug-likeness (QED) is 0.557. The average molecular weight is 217 g/mol. The maximum Gasteiger partial charge on any atom is 0.334 e. The van der Waals surface area contributed by atoms with Gasteiger partial charge in [0.2, 0.25) is 0 Å². The number of nitrogens with zero attached hydrogens (tertiary/aromatic N) is 1. The first kappa shape index (κ1) is 11.0. The molecule has 0 aliphatic rings. The second kappa shape index (κ2) is 3.99. The van der Waals surface area contributed by atoms with Crippen LogP contribution in [0.1, 0.15) is 15.9 Å². The summed E-state index contributed by atoms with van der Waals surface area (Å²) in [5.74, 6) is -3.74. The Morgan fingerprint density at radius 1 is 1.40 bits per heavy atom. The van der Waals surface area contributed by atoms with Crippen LogP contribution in [-0.2, 0) is 4.84 Å². The molecule has 0 unspecified atom stereocenters. The van der Waals surface area contributed by atoms with Gasteiger partial charge >= 0.3 is 11.1 Å². The average Bonchev–Trinajstić information content (AvgIpc) is 2.09. The van der Waals surface area contributed by atoms with Crippen LogP contribution in [-0.4, -0.2) is 11.1 Å². The minimum Gasteiger partial charge on any atom is -0.263 e. The molecule has 0 amide bonds. The highest BCUT2D eigenvalue weighted by molar-refractivity contribution is 5.90. The smallest absolute Gasteiger partial charge is 0.263 e. The summed E-state index contributed by atoms with van der Waals surface area (Å²) < 4.78 is 25.3. The summed E-state index contributed by atoms with van der Waals surface area (Å²) in [5, 5.41) is 8.52. The van der Waals surface area contributed by atoms with E-state index in [0.29, 0.717) is 6.07 Å². The van der Waals surface area contributed by atoms with Crippen molar-refractivity contribution in [3.8, 4) is 0 Å². The molecule has 0 spiro atoms. The maximum atomic E-state index is 12.7. The third kappa shape index (κ3) is 2.46. The summed E-state index contributed by atoms with van der Waals surface area (Å²) >= 11 is 0. The van der Waals surface area contributed by atoms with Crippen molar-refractivity contribution in [2.24, 2.45) is 0 Å². The lowest BCUT2D eigenvalue weighted by atomic mass is 10.1. The molecular weight excluding hydrogens is 212 g/mol. The number of hydrogen-bond donors (Lipinski definition) is 0. The van der Waals surface area contributed by atoms with Gasteiger partial charge in [-0.2, -0.15) is 0 Å². The highest BCUT2D eigenvalue weighted by Crippen LogP contribution is 2.15. The molecule has 0 aromatic heterocycles. The third-order valence-electron chi connectivity index (χ3n) is 1.64. The fraction of sp³-hybridized carbons (Fsp3) is 0.125. The van der Waals surface area contributed by atoms with Crippen molar-refractivity contribution >= 4 is 5.97 Å². The molecule has 0 saturated carbocycles. The lowest BCUT2D eigenvalue weighted by Gasteiger charge is -2.03. The van der Waals surface area contributed by atoms with E-state index in [1.54, 1.807) is 0 Å². The van der Waals surface area contributed by atoms with E-state index in [1.807, 2.05) is 0 Å². The summed E-state index contributed by atoms with van der Waals surface area (Å²) in [6, 6.07) is 1.31. The summed E-state index contributed by atoms with van der Waals surface area (Å²) in [5.41, 5.74) is -0.327. The van der Waals surface area contributed by atoms with Crippen LogP contribution in [0.2, 0.25) is 0 Å². The van der Waals surface area contributed by atoms with Crippen LogP contribution < -0.4 is 0 Å². The Morgan fingerprint density at radius 3 is 2.47 bits per heavy atom. The van der Waals surface area contributed by atoms with Gasteiger partial charge in [0.05, 0.1) is 5.56 Å². The van der Waals surface area contributed by atoms with Crippen LogP contribution in [0, 0.1) is 28.7 Å². The first-order valence-electron chi connectivity index (χ1n) is 3.74. The molecule has 7 heteroatoms. The number of hydrogen-bond acceptors (Lipinski definition) is 4.